The summed E-state index contributed by atoms with van der Waals surface area (Å²) in [5, 5.41) is 0. The Kier molecular flexibility index (Phi) is 4.73. The molecule has 0 saturated heterocycles. The molecule has 3 heterocycles. The van der Waals surface area contributed by atoms with Gasteiger partial charge in [0.2, 0.25) is 0 Å². The molecule has 1 aliphatic rings. The van der Waals surface area contributed by atoms with Crippen molar-refractivity contribution in [3.05, 3.63) is 76.0 Å². The molecule has 6 nitrogen and oxygen atoms in total. The average Bonchev–Trinajstić information content (AvgIpc) is 2.69. The molecule has 27 heavy (non-hydrogen) atoms. The first-order valence-corrected chi connectivity index (χ1v) is 9.11. The third-order valence-electron chi connectivity index (χ3n) is 4.95. The minimum atomic E-state index is -0.0335. The smallest absolute Gasteiger partial charge is 0.254 e. The van der Waals surface area contributed by atoms with E-state index in [4.69, 9.17) is 4.98 Å². The lowest BCUT2D eigenvalue weighted by atomic mass is 10.0. The molecule has 0 spiro atoms. The minimum Gasteiger partial charge on any atom is -0.378 e. The van der Waals surface area contributed by atoms with Gasteiger partial charge >= 0.3 is 0 Å². The standard InChI is InChI=1S/C21H23N5O/c1-25(2)17-7-5-15(6-8-17)13-26-11-9-18-19(14-26)23-20(24-21(18)27)16-4-3-10-22-12-16/h3-8,10,12H,9,11,13-14H2,1-2H3,(H,23,24,27). The van der Waals surface area contributed by atoms with E-state index in [0.717, 1.165) is 36.3 Å². The van der Waals surface area contributed by atoms with Gasteiger partial charge in [0, 0.05) is 62.9 Å². The molecule has 138 valence electrons. The number of aromatic nitrogens is 3. The van der Waals surface area contributed by atoms with E-state index >= 15 is 0 Å². The SMILES string of the molecule is CN(C)c1ccc(CN2CCc3c(nc(-c4cccnc4)[nH]c3=O)C2)cc1. The fourth-order valence-electron chi connectivity index (χ4n) is 3.43. The Hall–Kier alpha value is -2.99. The van der Waals surface area contributed by atoms with Gasteiger partial charge in [-0.25, -0.2) is 4.98 Å². The number of hydrogen-bond acceptors (Lipinski definition) is 5. The van der Waals surface area contributed by atoms with Gasteiger partial charge in [0.05, 0.1) is 5.69 Å². The van der Waals surface area contributed by atoms with Crippen LogP contribution in [0.4, 0.5) is 5.69 Å². The predicted octanol–water partition coefficient (Wildman–Crippen LogP) is 2.46. The lowest BCUT2D eigenvalue weighted by Gasteiger charge is -2.28. The maximum absolute atomic E-state index is 12.5. The van der Waals surface area contributed by atoms with Crippen LogP contribution in [0.5, 0.6) is 0 Å². The van der Waals surface area contributed by atoms with Gasteiger partial charge in [0.1, 0.15) is 5.82 Å². The number of fused-ring (bicyclic) bond motifs is 1. The largest absolute Gasteiger partial charge is 0.378 e. The zero-order chi connectivity index (χ0) is 18.8. The molecule has 1 aliphatic heterocycles. The van der Waals surface area contributed by atoms with Crippen LogP contribution in [0.1, 0.15) is 16.8 Å². The Morgan fingerprint density at radius 3 is 2.70 bits per heavy atom. The Balaban J connectivity index is 1.55. The van der Waals surface area contributed by atoms with Gasteiger partial charge in [-0.3, -0.25) is 14.7 Å². The number of pyridine rings is 1. The summed E-state index contributed by atoms with van der Waals surface area (Å²) in [6.45, 7) is 2.39. The van der Waals surface area contributed by atoms with Crippen LogP contribution in [-0.4, -0.2) is 40.5 Å². The van der Waals surface area contributed by atoms with Crippen molar-refractivity contribution >= 4 is 5.69 Å². The van der Waals surface area contributed by atoms with E-state index in [2.05, 4.69) is 44.0 Å². The highest BCUT2D eigenvalue weighted by Crippen LogP contribution is 2.20. The first-order valence-electron chi connectivity index (χ1n) is 9.11. The van der Waals surface area contributed by atoms with E-state index in [9.17, 15) is 4.79 Å². The fraction of sp³-hybridized carbons (Fsp3) is 0.286. The lowest BCUT2D eigenvalue weighted by Crippen LogP contribution is -2.35. The molecule has 6 heteroatoms. The van der Waals surface area contributed by atoms with Gasteiger partial charge in [-0.05, 0) is 36.2 Å². The number of anilines is 1. The maximum Gasteiger partial charge on any atom is 0.254 e. The fourth-order valence-corrected chi connectivity index (χ4v) is 3.43. The molecule has 0 aliphatic carbocycles. The molecule has 3 aromatic rings. The molecular formula is C21H23N5O. The summed E-state index contributed by atoms with van der Waals surface area (Å²) in [7, 11) is 4.08. The van der Waals surface area contributed by atoms with E-state index in [1.807, 2.05) is 26.2 Å². The lowest BCUT2D eigenvalue weighted by molar-refractivity contribution is 0.240. The van der Waals surface area contributed by atoms with Crippen LogP contribution in [0.25, 0.3) is 11.4 Å². The molecule has 1 aromatic carbocycles. The summed E-state index contributed by atoms with van der Waals surface area (Å²) in [5.74, 6) is 0.587. The van der Waals surface area contributed by atoms with Crippen molar-refractivity contribution < 1.29 is 0 Å². The van der Waals surface area contributed by atoms with E-state index < -0.39 is 0 Å². The Morgan fingerprint density at radius 1 is 1.19 bits per heavy atom. The number of H-pyrrole nitrogens is 1. The summed E-state index contributed by atoms with van der Waals surface area (Å²) in [6.07, 6.45) is 4.15. The molecule has 0 bridgehead atoms. The van der Waals surface area contributed by atoms with Crippen molar-refractivity contribution in [3.8, 4) is 11.4 Å². The summed E-state index contributed by atoms with van der Waals surface area (Å²) in [4.78, 5) is 28.7. The van der Waals surface area contributed by atoms with Crippen LogP contribution in [0, 0.1) is 0 Å². The van der Waals surface area contributed by atoms with Gasteiger partial charge in [-0.15, -0.1) is 0 Å². The first-order chi connectivity index (χ1) is 13.1. The first kappa shape index (κ1) is 17.4. The Bertz CT molecular complexity index is 980. The molecular weight excluding hydrogens is 338 g/mol. The quantitative estimate of drug-likeness (QED) is 0.773. The molecule has 0 unspecified atom stereocenters. The molecule has 4 rings (SSSR count). The number of nitrogens with one attached hydrogen (secondary N) is 1. The predicted molar refractivity (Wildman–Crippen MR) is 107 cm³/mol. The van der Waals surface area contributed by atoms with Crippen LogP contribution < -0.4 is 10.5 Å². The van der Waals surface area contributed by atoms with Crippen molar-refractivity contribution in [2.45, 2.75) is 19.5 Å². The molecule has 2 aromatic heterocycles. The van der Waals surface area contributed by atoms with Crippen molar-refractivity contribution in [2.75, 3.05) is 25.5 Å². The summed E-state index contributed by atoms with van der Waals surface area (Å²) >= 11 is 0. The van der Waals surface area contributed by atoms with Crippen LogP contribution in [0.2, 0.25) is 0 Å². The minimum absolute atomic E-state index is 0.0335. The highest BCUT2D eigenvalue weighted by Gasteiger charge is 2.21. The Labute approximate surface area is 158 Å². The monoisotopic (exact) mass is 361 g/mol. The summed E-state index contributed by atoms with van der Waals surface area (Å²) in [5.41, 5.74) is 4.93. The molecule has 0 fully saturated rings. The van der Waals surface area contributed by atoms with E-state index in [0.29, 0.717) is 12.4 Å². The van der Waals surface area contributed by atoms with Crippen molar-refractivity contribution in [3.63, 3.8) is 0 Å². The van der Waals surface area contributed by atoms with Gasteiger partial charge in [-0.2, -0.15) is 0 Å². The average molecular weight is 361 g/mol. The van der Waals surface area contributed by atoms with E-state index in [1.165, 1.54) is 11.3 Å². The van der Waals surface area contributed by atoms with Gasteiger partial charge in [0.25, 0.3) is 5.56 Å². The zero-order valence-electron chi connectivity index (χ0n) is 15.6. The van der Waals surface area contributed by atoms with Crippen LogP contribution in [0.3, 0.4) is 0 Å². The van der Waals surface area contributed by atoms with Gasteiger partial charge in [-0.1, -0.05) is 12.1 Å². The summed E-state index contributed by atoms with van der Waals surface area (Å²) in [6, 6.07) is 12.4. The van der Waals surface area contributed by atoms with E-state index in [1.54, 1.807) is 12.4 Å². The second-order valence-corrected chi connectivity index (χ2v) is 7.10. The summed E-state index contributed by atoms with van der Waals surface area (Å²) < 4.78 is 0. The topological polar surface area (TPSA) is 65.1 Å². The van der Waals surface area contributed by atoms with Crippen LogP contribution in [-0.2, 0) is 19.5 Å². The van der Waals surface area contributed by atoms with Crippen LogP contribution >= 0.6 is 0 Å². The van der Waals surface area contributed by atoms with Crippen molar-refractivity contribution in [2.24, 2.45) is 0 Å². The molecule has 0 amide bonds. The number of benzene rings is 1. The van der Waals surface area contributed by atoms with Crippen molar-refractivity contribution in [1.29, 1.82) is 0 Å². The normalized spacial score (nSPS) is 14.0. The number of aromatic amines is 1. The molecule has 0 atom stereocenters. The van der Waals surface area contributed by atoms with Crippen molar-refractivity contribution in [1.82, 2.24) is 19.9 Å². The zero-order valence-corrected chi connectivity index (χ0v) is 15.6. The second-order valence-electron chi connectivity index (χ2n) is 7.10. The molecule has 0 saturated carbocycles. The number of rotatable bonds is 4. The second kappa shape index (κ2) is 7.32. The number of nitrogens with zero attached hydrogens (tertiary/aromatic N) is 4. The molecule has 1 N–H and O–H groups in total. The van der Waals surface area contributed by atoms with Gasteiger partial charge < -0.3 is 9.88 Å². The third kappa shape index (κ3) is 3.75. The van der Waals surface area contributed by atoms with Gasteiger partial charge in [0.15, 0.2) is 0 Å². The highest BCUT2D eigenvalue weighted by atomic mass is 16.1. The molecule has 0 radical (unpaired) electrons. The highest BCUT2D eigenvalue weighted by molar-refractivity contribution is 5.53. The van der Waals surface area contributed by atoms with E-state index in [-0.39, 0.29) is 5.56 Å². The number of hydrogen-bond donors (Lipinski definition) is 1. The Morgan fingerprint density at radius 2 is 2.00 bits per heavy atom. The third-order valence-corrected chi connectivity index (χ3v) is 4.95. The maximum atomic E-state index is 12.5. The van der Waals surface area contributed by atoms with Crippen LogP contribution in [0.15, 0.2) is 53.6 Å².